The summed E-state index contributed by atoms with van der Waals surface area (Å²) in [7, 11) is 1.87. The molecule has 1 N–H and O–H groups in total. The van der Waals surface area contributed by atoms with Gasteiger partial charge in [-0.3, -0.25) is 19.4 Å². The first-order valence-electron chi connectivity index (χ1n) is 6.84. The third kappa shape index (κ3) is 3.17. The Hall–Kier alpha value is -3.02. The molecule has 0 aliphatic heterocycles. The summed E-state index contributed by atoms with van der Waals surface area (Å²) in [5.74, 6) is -0.149. The van der Waals surface area contributed by atoms with E-state index in [0.29, 0.717) is 12.1 Å². The number of nitrogens with one attached hydrogen (secondary N) is 1. The molecule has 0 bridgehead atoms. The standard InChI is InChI=1S/C16H15N5O/c1-21-11-14(10-20-21)15-5-4-12(7-18-15)8-19-16(22)13-3-2-6-17-9-13/h2-7,9-11H,8H2,1H3,(H,19,22). The molecule has 22 heavy (non-hydrogen) atoms. The number of hydrogen-bond acceptors (Lipinski definition) is 4. The number of pyridine rings is 2. The molecule has 6 heteroatoms. The van der Waals surface area contributed by atoms with Gasteiger partial charge in [-0.15, -0.1) is 0 Å². The first kappa shape index (κ1) is 13.9. The van der Waals surface area contributed by atoms with Crippen molar-refractivity contribution in [3.63, 3.8) is 0 Å². The molecule has 6 nitrogen and oxygen atoms in total. The Morgan fingerprint density at radius 2 is 2.14 bits per heavy atom. The van der Waals surface area contributed by atoms with Crippen molar-refractivity contribution in [1.82, 2.24) is 25.1 Å². The molecule has 0 spiro atoms. The second-order valence-corrected chi connectivity index (χ2v) is 4.88. The van der Waals surface area contributed by atoms with Gasteiger partial charge >= 0.3 is 0 Å². The van der Waals surface area contributed by atoms with Crippen molar-refractivity contribution in [1.29, 1.82) is 0 Å². The normalized spacial score (nSPS) is 10.4. The average molecular weight is 293 g/mol. The number of amides is 1. The van der Waals surface area contributed by atoms with Crippen LogP contribution in [0.4, 0.5) is 0 Å². The summed E-state index contributed by atoms with van der Waals surface area (Å²) in [5, 5.41) is 6.97. The molecule has 3 aromatic rings. The lowest BCUT2D eigenvalue weighted by Crippen LogP contribution is -2.22. The van der Waals surface area contributed by atoms with Gasteiger partial charge in [0.15, 0.2) is 0 Å². The maximum Gasteiger partial charge on any atom is 0.253 e. The number of carbonyl (C=O) groups is 1. The van der Waals surface area contributed by atoms with Crippen LogP contribution in [0.5, 0.6) is 0 Å². The Morgan fingerprint density at radius 1 is 1.23 bits per heavy atom. The van der Waals surface area contributed by atoms with Crippen LogP contribution >= 0.6 is 0 Å². The van der Waals surface area contributed by atoms with Gasteiger partial charge in [0.25, 0.3) is 5.91 Å². The molecule has 0 saturated carbocycles. The van der Waals surface area contributed by atoms with E-state index in [1.807, 2.05) is 25.4 Å². The Kier molecular flexibility index (Phi) is 3.91. The molecule has 0 unspecified atom stereocenters. The van der Waals surface area contributed by atoms with Crippen molar-refractivity contribution in [2.24, 2.45) is 7.05 Å². The highest BCUT2D eigenvalue weighted by molar-refractivity contribution is 5.93. The molecule has 0 aromatic carbocycles. The van der Waals surface area contributed by atoms with Crippen LogP contribution in [-0.2, 0) is 13.6 Å². The summed E-state index contributed by atoms with van der Waals surface area (Å²) >= 11 is 0. The van der Waals surface area contributed by atoms with Crippen molar-refractivity contribution < 1.29 is 4.79 Å². The number of nitrogens with zero attached hydrogens (tertiary/aromatic N) is 4. The number of aryl methyl sites for hydroxylation is 1. The fourth-order valence-corrected chi connectivity index (χ4v) is 2.03. The molecular weight excluding hydrogens is 278 g/mol. The predicted molar refractivity (Wildman–Crippen MR) is 81.8 cm³/mol. The number of rotatable bonds is 4. The zero-order chi connectivity index (χ0) is 15.4. The first-order chi connectivity index (χ1) is 10.7. The highest BCUT2D eigenvalue weighted by atomic mass is 16.1. The van der Waals surface area contributed by atoms with E-state index in [4.69, 9.17) is 0 Å². The monoisotopic (exact) mass is 293 g/mol. The van der Waals surface area contributed by atoms with Crippen molar-refractivity contribution in [2.45, 2.75) is 6.54 Å². The highest BCUT2D eigenvalue weighted by Crippen LogP contribution is 2.15. The van der Waals surface area contributed by atoms with Crippen molar-refractivity contribution in [3.05, 3.63) is 66.4 Å². The number of hydrogen-bond donors (Lipinski definition) is 1. The molecule has 0 aliphatic rings. The van der Waals surface area contributed by atoms with Gasteiger partial charge in [-0.05, 0) is 23.8 Å². The number of aromatic nitrogens is 4. The van der Waals surface area contributed by atoms with E-state index in [1.54, 1.807) is 41.6 Å². The Morgan fingerprint density at radius 3 is 2.77 bits per heavy atom. The van der Waals surface area contributed by atoms with Gasteiger partial charge in [0.05, 0.1) is 17.5 Å². The minimum atomic E-state index is -0.149. The van der Waals surface area contributed by atoms with E-state index < -0.39 is 0 Å². The van der Waals surface area contributed by atoms with E-state index in [1.165, 1.54) is 0 Å². The van der Waals surface area contributed by atoms with Crippen LogP contribution in [0.15, 0.2) is 55.2 Å². The second kappa shape index (κ2) is 6.17. The maximum atomic E-state index is 11.9. The molecule has 1 amide bonds. The minimum Gasteiger partial charge on any atom is -0.348 e. The van der Waals surface area contributed by atoms with Gasteiger partial charge in [-0.1, -0.05) is 6.07 Å². The van der Waals surface area contributed by atoms with Crippen LogP contribution in [0.1, 0.15) is 15.9 Å². The van der Waals surface area contributed by atoms with E-state index >= 15 is 0 Å². The molecule has 0 atom stereocenters. The third-order valence-corrected chi connectivity index (χ3v) is 3.20. The summed E-state index contributed by atoms with van der Waals surface area (Å²) in [6.45, 7) is 0.425. The predicted octanol–water partition coefficient (Wildman–Crippen LogP) is 1.81. The molecule has 110 valence electrons. The van der Waals surface area contributed by atoms with Crippen molar-refractivity contribution in [2.75, 3.05) is 0 Å². The van der Waals surface area contributed by atoms with Crippen LogP contribution in [0.25, 0.3) is 11.3 Å². The molecule has 0 fully saturated rings. The van der Waals surface area contributed by atoms with E-state index in [0.717, 1.165) is 16.8 Å². The van der Waals surface area contributed by atoms with Gasteiger partial charge in [0.1, 0.15) is 0 Å². The van der Waals surface area contributed by atoms with Gasteiger partial charge < -0.3 is 5.32 Å². The van der Waals surface area contributed by atoms with Crippen LogP contribution in [0.3, 0.4) is 0 Å². The highest BCUT2D eigenvalue weighted by Gasteiger charge is 2.06. The molecule has 3 rings (SSSR count). The smallest absolute Gasteiger partial charge is 0.253 e. The number of carbonyl (C=O) groups excluding carboxylic acids is 1. The zero-order valence-electron chi connectivity index (χ0n) is 12.1. The fourth-order valence-electron chi connectivity index (χ4n) is 2.03. The largest absolute Gasteiger partial charge is 0.348 e. The van der Waals surface area contributed by atoms with Gasteiger partial charge in [-0.25, -0.2) is 0 Å². The van der Waals surface area contributed by atoms with E-state index in [9.17, 15) is 4.79 Å². The summed E-state index contributed by atoms with van der Waals surface area (Å²) in [5.41, 5.74) is 3.30. The van der Waals surface area contributed by atoms with Gasteiger partial charge in [-0.2, -0.15) is 5.10 Å². The van der Waals surface area contributed by atoms with Gasteiger partial charge in [0, 0.05) is 43.9 Å². The second-order valence-electron chi connectivity index (χ2n) is 4.88. The van der Waals surface area contributed by atoms with E-state index in [-0.39, 0.29) is 5.91 Å². The lowest BCUT2D eigenvalue weighted by Gasteiger charge is -2.05. The molecule has 0 radical (unpaired) electrons. The molecule has 3 aromatic heterocycles. The SMILES string of the molecule is Cn1cc(-c2ccc(CNC(=O)c3cccnc3)cn2)cn1. The fraction of sp³-hybridized carbons (Fsp3) is 0.125. The summed E-state index contributed by atoms with van der Waals surface area (Å²) in [6.07, 6.45) is 8.61. The average Bonchev–Trinajstić information content (AvgIpc) is 3.00. The Labute approximate surface area is 127 Å². The van der Waals surface area contributed by atoms with Crippen LogP contribution < -0.4 is 5.32 Å². The molecule has 0 aliphatic carbocycles. The minimum absolute atomic E-state index is 0.149. The third-order valence-electron chi connectivity index (χ3n) is 3.20. The van der Waals surface area contributed by atoms with Crippen molar-refractivity contribution >= 4 is 5.91 Å². The Bertz CT molecular complexity index is 765. The molecular formula is C16H15N5O. The lowest BCUT2D eigenvalue weighted by atomic mass is 10.2. The molecule has 3 heterocycles. The van der Waals surface area contributed by atoms with Crippen LogP contribution in [0.2, 0.25) is 0 Å². The quantitative estimate of drug-likeness (QED) is 0.796. The summed E-state index contributed by atoms with van der Waals surface area (Å²) in [4.78, 5) is 20.2. The summed E-state index contributed by atoms with van der Waals surface area (Å²) < 4.78 is 1.74. The van der Waals surface area contributed by atoms with Crippen LogP contribution in [0, 0.1) is 0 Å². The Balaban J connectivity index is 1.63. The maximum absolute atomic E-state index is 11.9. The first-order valence-corrected chi connectivity index (χ1v) is 6.84. The zero-order valence-corrected chi connectivity index (χ0v) is 12.1. The summed E-state index contributed by atoms with van der Waals surface area (Å²) in [6, 6.07) is 7.33. The van der Waals surface area contributed by atoms with Crippen LogP contribution in [-0.4, -0.2) is 25.7 Å². The van der Waals surface area contributed by atoms with E-state index in [2.05, 4.69) is 20.4 Å². The topological polar surface area (TPSA) is 72.7 Å². The van der Waals surface area contributed by atoms with Gasteiger partial charge in [0.2, 0.25) is 0 Å². The lowest BCUT2D eigenvalue weighted by molar-refractivity contribution is 0.0950. The van der Waals surface area contributed by atoms with Crippen molar-refractivity contribution in [3.8, 4) is 11.3 Å². The molecule has 0 saturated heterocycles.